The minimum absolute atomic E-state index is 0.119. The minimum atomic E-state index is -0.381. The summed E-state index contributed by atoms with van der Waals surface area (Å²) in [5, 5.41) is 0. The number of hydrogen-bond donors (Lipinski definition) is 0. The summed E-state index contributed by atoms with van der Waals surface area (Å²) in [5.74, 6) is 0.837. The maximum atomic E-state index is 12.2. The summed E-state index contributed by atoms with van der Waals surface area (Å²) < 4.78 is 10.8. The van der Waals surface area contributed by atoms with Gasteiger partial charge in [-0.05, 0) is 54.7 Å². The summed E-state index contributed by atoms with van der Waals surface area (Å²) in [7, 11) is 0. The van der Waals surface area contributed by atoms with Crippen LogP contribution in [0.5, 0.6) is 11.5 Å². The van der Waals surface area contributed by atoms with Gasteiger partial charge in [-0.1, -0.05) is 39.0 Å². The molecule has 0 aliphatic heterocycles. The van der Waals surface area contributed by atoms with Crippen molar-refractivity contribution in [1.82, 2.24) is 0 Å². The van der Waals surface area contributed by atoms with Crippen molar-refractivity contribution >= 4 is 5.97 Å². The van der Waals surface area contributed by atoms with Gasteiger partial charge in [0.25, 0.3) is 0 Å². The fourth-order valence-electron chi connectivity index (χ4n) is 2.22. The lowest BCUT2D eigenvalue weighted by Gasteiger charge is -2.23. The van der Waals surface area contributed by atoms with Gasteiger partial charge >= 0.3 is 5.97 Å². The monoisotopic (exact) mass is 312 g/mol. The van der Waals surface area contributed by atoms with Crippen LogP contribution in [0.3, 0.4) is 0 Å². The zero-order valence-corrected chi connectivity index (χ0v) is 14.3. The molecule has 0 saturated heterocycles. The molecule has 0 aliphatic carbocycles. The van der Waals surface area contributed by atoms with Gasteiger partial charge in [0.15, 0.2) is 0 Å². The van der Waals surface area contributed by atoms with Crippen LogP contribution in [0.15, 0.2) is 48.5 Å². The number of hydrogen-bond acceptors (Lipinski definition) is 3. The van der Waals surface area contributed by atoms with Crippen molar-refractivity contribution in [1.29, 1.82) is 0 Å². The van der Waals surface area contributed by atoms with E-state index >= 15 is 0 Å². The summed E-state index contributed by atoms with van der Waals surface area (Å²) in [6.45, 7) is 9.04. The van der Waals surface area contributed by atoms with Gasteiger partial charge in [0.05, 0.1) is 12.2 Å². The molecule has 122 valence electrons. The molecule has 3 nitrogen and oxygen atoms in total. The van der Waals surface area contributed by atoms with E-state index in [9.17, 15) is 4.79 Å². The van der Waals surface area contributed by atoms with Gasteiger partial charge < -0.3 is 9.47 Å². The quantitative estimate of drug-likeness (QED) is 0.556. The number of carbonyl (C=O) groups excluding carboxylic acids is 1. The highest BCUT2D eigenvalue weighted by atomic mass is 16.5. The molecule has 0 heterocycles. The Bertz CT molecular complexity index is 657. The lowest BCUT2D eigenvalue weighted by atomic mass is 9.82. The maximum absolute atomic E-state index is 12.2. The first-order valence-corrected chi connectivity index (χ1v) is 8.02. The normalized spacial score (nSPS) is 11.1. The molecule has 0 amide bonds. The molecular formula is C20H24O3. The molecule has 0 radical (unpaired) electrons. The zero-order valence-electron chi connectivity index (χ0n) is 14.3. The number of ether oxygens (including phenoxy) is 2. The van der Waals surface area contributed by atoms with E-state index in [1.807, 2.05) is 37.3 Å². The lowest BCUT2D eigenvalue weighted by molar-refractivity contribution is 0.0734. The molecular weight excluding hydrogens is 288 g/mol. The maximum Gasteiger partial charge on any atom is 0.343 e. The van der Waals surface area contributed by atoms with Gasteiger partial charge in [-0.3, -0.25) is 0 Å². The van der Waals surface area contributed by atoms with Gasteiger partial charge in [-0.2, -0.15) is 0 Å². The third-order valence-corrected chi connectivity index (χ3v) is 4.11. The summed E-state index contributed by atoms with van der Waals surface area (Å²) in [4.78, 5) is 12.2. The fourth-order valence-corrected chi connectivity index (χ4v) is 2.22. The second-order valence-electron chi connectivity index (χ2n) is 6.11. The molecule has 0 aromatic heterocycles. The summed E-state index contributed by atoms with van der Waals surface area (Å²) in [6.07, 6.45) is 1.05. The van der Waals surface area contributed by atoms with Gasteiger partial charge in [0.1, 0.15) is 11.5 Å². The Kier molecular flexibility index (Phi) is 5.43. The average molecular weight is 312 g/mol. The molecule has 0 N–H and O–H groups in total. The predicted octanol–water partition coefficient (Wildman–Crippen LogP) is 4.99. The molecule has 2 rings (SSSR count). The van der Waals surface area contributed by atoms with Crippen molar-refractivity contribution < 1.29 is 14.3 Å². The van der Waals surface area contributed by atoms with Crippen LogP contribution in [-0.2, 0) is 5.41 Å². The van der Waals surface area contributed by atoms with Crippen molar-refractivity contribution in [3.05, 3.63) is 59.7 Å². The molecule has 0 aliphatic rings. The molecule has 2 aromatic carbocycles. The third kappa shape index (κ3) is 4.35. The number of benzene rings is 2. The van der Waals surface area contributed by atoms with Crippen LogP contribution in [0.25, 0.3) is 0 Å². The van der Waals surface area contributed by atoms with E-state index in [2.05, 4.69) is 20.8 Å². The van der Waals surface area contributed by atoms with E-state index in [4.69, 9.17) is 9.47 Å². The van der Waals surface area contributed by atoms with E-state index in [1.54, 1.807) is 18.2 Å². The molecule has 0 atom stereocenters. The molecule has 2 aromatic rings. The fraction of sp³-hybridized carbons (Fsp3) is 0.350. The van der Waals surface area contributed by atoms with Crippen LogP contribution in [0.4, 0.5) is 0 Å². The second-order valence-corrected chi connectivity index (χ2v) is 6.11. The molecule has 0 spiro atoms. The first kappa shape index (κ1) is 17.1. The van der Waals surface area contributed by atoms with E-state index in [1.165, 1.54) is 5.56 Å². The topological polar surface area (TPSA) is 35.5 Å². The predicted molar refractivity (Wildman–Crippen MR) is 92.3 cm³/mol. The standard InChI is InChI=1S/C20H24O3/c1-5-20(3,4)16-10-12-17(13-11-16)23-19(21)15-8-7-9-18(14-15)22-6-2/h7-14H,5-6H2,1-4H3. The van der Waals surface area contributed by atoms with Crippen molar-refractivity contribution in [3.63, 3.8) is 0 Å². The van der Waals surface area contributed by atoms with Crippen LogP contribution in [0.2, 0.25) is 0 Å². The highest BCUT2D eigenvalue weighted by Crippen LogP contribution is 2.28. The Morgan fingerprint density at radius 2 is 1.70 bits per heavy atom. The SMILES string of the molecule is CCOc1cccc(C(=O)Oc2ccc(C(C)(C)CC)cc2)c1. The van der Waals surface area contributed by atoms with Crippen LogP contribution in [-0.4, -0.2) is 12.6 Å². The Balaban J connectivity index is 2.10. The Morgan fingerprint density at radius 3 is 2.30 bits per heavy atom. The Hall–Kier alpha value is -2.29. The van der Waals surface area contributed by atoms with E-state index in [0.717, 1.165) is 6.42 Å². The lowest BCUT2D eigenvalue weighted by Crippen LogP contribution is -2.15. The van der Waals surface area contributed by atoms with Crippen LogP contribution >= 0.6 is 0 Å². The minimum Gasteiger partial charge on any atom is -0.494 e. The van der Waals surface area contributed by atoms with E-state index < -0.39 is 0 Å². The third-order valence-electron chi connectivity index (χ3n) is 4.11. The van der Waals surface area contributed by atoms with Crippen molar-refractivity contribution in [2.45, 2.75) is 39.5 Å². The van der Waals surface area contributed by atoms with Gasteiger partial charge in [0.2, 0.25) is 0 Å². The molecule has 0 saturated carbocycles. The van der Waals surface area contributed by atoms with Crippen molar-refractivity contribution in [3.8, 4) is 11.5 Å². The number of carbonyl (C=O) groups is 1. The highest BCUT2D eigenvalue weighted by Gasteiger charge is 2.18. The second kappa shape index (κ2) is 7.32. The Morgan fingerprint density at radius 1 is 1.00 bits per heavy atom. The summed E-state index contributed by atoms with van der Waals surface area (Å²) in [6, 6.07) is 14.7. The summed E-state index contributed by atoms with van der Waals surface area (Å²) >= 11 is 0. The number of esters is 1. The first-order valence-electron chi connectivity index (χ1n) is 8.02. The smallest absolute Gasteiger partial charge is 0.343 e. The average Bonchev–Trinajstić information content (AvgIpc) is 2.56. The highest BCUT2D eigenvalue weighted by molar-refractivity contribution is 5.91. The van der Waals surface area contributed by atoms with Crippen LogP contribution in [0.1, 0.15) is 50.0 Å². The van der Waals surface area contributed by atoms with Gasteiger partial charge in [0, 0.05) is 0 Å². The Labute approximate surface area is 138 Å². The molecule has 0 fully saturated rings. The molecule has 0 bridgehead atoms. The van der Waals surface area contributed by atoms with Crippen molar-refractivity contribution in [2.75, 3.05) is 6.61 Å². The largest absolute Gasteiger partial charge is 0.494 e. The van der Waals surface area contributed by atoms with Crippen molar-refractivity contribution in [2.24, 2.45) is 0 Å². The van der Waals surface area contributed by atoms with Gasteiger partial charge in [-0.15, -0.1) is 0 Å². The van der Waals surface area contributed by atoms with Crippen LogP contribution < -0.4 is 9.47 Å². The molecule has 0 unspecified atom stereocenters. The summed E-state index contributed by atoms with van der Waals surface area (Å²) in [5.41, 5.74) is 1.83. The van der Waals surface area contributed by atoms with E-state index in [0.29, 0.717) is 23.7 Å². The van der Waals surface area contributed by atoms with Crippen LogP contribution in [0, 0.1) is 0 Å². The van der Waals surface area contributed by atoms with Gasteiger partial charge in [-0.25, -0.2) is 4.79 Å². The van der Waals surface area contributed by atoms with E-state index in [-0.39, 0.29) is 11.4 Å². The zero-order chi connectivity index (χ0) is 16.9. The molecule has 3 heteroatoms. The molecule has 23 heavy (non-hydrogen) atoms. The number of rotatable bonds is 6. The first-order chi connectivity index (χ1) is 11.0.